The first kappa shape index (κ1) is 23.8. The van der Waals surface area contributed by atoms with Gasteiger partial charge in [0.2, 0.25) is 11.8 Å². The van der Waals surface area contributed by atoms with Crippen LogP contribution in [0.2, 0.25) is 0 Å². The van der Waals surface area contributed by atoms with Crippen molar-refractivity contribution < 1.29 is 14.3 Å². The quantitative estimate of drug-likeness (QED) is 0.556. The van der Waals surface area contributed by atoms with E-state index in [1.54, 1.807) is 7.11 Å². The number of amides is 1. The number of nitrogens with zero attached hydrogens (tertiary/aromatic N) is 4. The maximum atomic E-state index is 13.1. The van der Waals surface area contributed by atoms with Crippen molar-refractivity contribution >= 4 is 11.7 Å². The van der Waals surface area contributed by atoms with Gasteiger partial charge in [-0.05, 0) is 44.4 Å². The second kappa shape index (κ2) is 11.2. The number of carbonyl (C=O) groups excluding carboxylic acids is 1. The molecule has 0 aliphatic carbocycles. The molecule has 0 spiro atoms. The second-order valence-corrected chi connectivity index (χ2v) is 8.54. The Morgan fingerprint density at radius 2 is 2.00 bits per heavy atom. The highest BCUT2D eigenvalue weighted by molar-refractivity contribution is 5.79. The molecule has 1 aromatic heterocycles. The summed E-state index contributed by atoms with van der Waals surface area (Å²) in [5.74, 6) is 2.98. The van der Waals surface area contributed by atoms with Crippen LogP contribution in [0.1, 0.15) is 52.0 Å². The van der Waals surface area contributed by atoms with E-state index in [1.165, 1.54) is 6.33 Å². The zero-order valence-corrected chi connectivity index (χ0v) is 20.0. The van der Waals surface area contributed by atoms with Crippen molar-refractivity contribution in [2.24, 2.45) is 5.92 Å². The molecule has 1 aliphatic rings. The lowest BCUT2D eigenvalue weighted by Gasteiger charge is -2.41. The van der Waals surface area contributed by atoms with Gasteiger partial charge in [-0.2, -0.15) is 0 Å². The minimum Gasteiger partial charge on any atom is -0.493 e. The van der Waals surface area contributed by atoms with E-state index in [4.69, 9.17) is 9.47 Å². The minimum atomic E-state index is 0.128. The van der Waals surface area contributed by atoms with Crippen molar-refractivity contribution in [3.05, 3.63) is 36.2 Å². The summed E-state index contributed by atoms with van der Waals surface area (Å²) >= 11 is 0. The fourth-order valence-corrected chi connectivity index (χ4v) is 4.21. The van der Waals surface area contributed by atoms with Gasteiger partial charge in [0.25, 0.3) is 0 Å². The van der Waals surface area contributed by atoms with Gasteiger partial charge in [0, 0.05) is 37.7 Å². The number of hydrogen-bond donors (Lipinski definition) is 0. The largest absolute Gasteiger partial charge is 0.493 e. The summed E-state index contributed by atoms with van der Waals surface area (Å²) in [6.45, 7) is 10.6. The molecule has 1 saturated heterocycles. The van der Waals surface area contributed by atoms with Gasteiger partial charge in [-0.1, -0.05) is 32.8 Å². The van der Waals surface area contributed by atoms with Crippen LogP contribution in [0.25, 0.3) is 0 Å². The van der Waals surface area contributed by atoms with Crippen LogP contribution in [0, 0.1) is 12.8 Å². The Morgan fingerprint density at radius 3 is 2.69 bits per heavy atom. The van der Waals surface area contributed by atoms with Crippen LogP contribution in [0.3, 0.4) is 0 Å². The highest BCUT2D eigenvalue weighted by Gasteiger charge is 2.31. The molecule has 2 heterocycles. The first-order valence-electron chi connectivity index (χ1n) is 11.7. The van der Waals surface area contributed by atoms with E-state index in [2.05, 4.69) is 40.5 Å². The molecule has 2 aromatic rings. The van der Waals surface area contributed by atoms with Crippen molar-refractivity contribution in [2.75, 3.05) is 31.6 Å². The molecule has 2 atom stereocenters. The van der Waals surface area contributed by atoms with Crippen LogP contribution in [-0.4, -0.2) is 53.6 Å². The summed E-state index contributed by atoms with van der Waals surface area (Å²) in [5.41, 5.74) is 1.10. The maximum Gasteiger partial charge on any atom is 0.226 e. The number of rotatable bonds is 9. The standard InChI is InChI=1S/C25H36N4O3/c1-6-8-9-20(7-2)25(30)29-13-12-28(16-19(29)4)23-15-24(27-17-26-23)32-21-11-10-18(3)14-22(21)31-5/h10-11,14-15,17,19-20H,6-9,12-13,16H2,1-5H3/t19-,20-/m0/s1. The lowest BCUT2D eigenvalue weighted by atomic mass is 9.96. The van der Waals surface area contributed by atoms with Crippen molar-refractivity contribution in [1.82, 2.24) is 14.9 Å². The van der Waals surface area contributed by atoms with Crippen molar-refractivity contribution in [3.8, 4) is 17.4 Å². The summed E-state index contributed by atoms with van der Waals surface area (Å²) in [4.78, 5) is 26.1. The number of aromatic nitrogens is 2. The summed E-state index contributed by atoms with van der Waals surface area (Å²) in [6, 6.07) is 7.76. The molecular weight excluding hydrogens is 404 g/mol. The first-order chi connectivity index (χ1) is 15.5. The molecule has 0 N–H and O–H groups in total. The Balaban J connectivity index is 1.67. The Kier molecular flexibility index (Phi) is 8.31. The molecule has 1 aliphatic heterocycles. The molecular formula is C25H36N4O3. The molecule has 0 saturated carbocycles. The first-order valence-corrected chi connectivity index (χ1v) is 11.7. The molecule has 7 heteroatoms. The lowest BCUT2D eigenvalue weighted by molar-refractivity contribution is -0.138. The van der Waals surface area contributed by atoms with E-state index in [-0.39, 0.29) is 12.0 Å². The summed E-state index contributed by atoms with van der Waals surface area (Å²) in [6.07, 6.45) is 5.63. The Labute approximate surface area is 191 Å². The Bertz CT molecular complexity index is 905. The van der Waals surface area contributed by atoms with Gasteiger partial charge in [-0.3, -0.25) is 4.79 Å². The smallest absolute Gasteiger partial charge is 0.226 e. The number of ether oxygens (including phenoxy) is 2. The van der Waals surface area contributed by atoms with Gasteiger partial charge < -0.3 is 19.3 Å². The monoisotopic (exact) mass is 440 g/mol. The zero-order chi connectivity index (χ0) is 23.1. The predicted octanol–water partition coefficient (Wildman–Crippen LogP) is 4.84. The number of carbonyl (C=O) groups is 1. The van der Waals surface area contributed by atoms with Crippen LogP contribution in [0.15, 0.2) is 30.6 Å². The molecule has 174 valence electrons. The number of hydrogen-bond acceptors (Lipinski definition) is 6. The number of anilines is 1. The zero-order valence-electron chi connectivity index (χ0n) is 20.0. The third kappa shape index (κ3) is 5.69. The van der Waals surface area contributed by atoms with Crippen LogP contribution in [0.5, 0.6) is 17.4 Å². The SMILES string of the molecule is CCCC[C@H](CC)C(=O)N1CCN(c2cc(Oc3ccc(C)cc3OC)ncn2)C[C@@H]1C. The topological polar surface area (TPSA) is 67.8 Å². The molecule has 0 bridgehead atoms. The second-order valence-electron chi connectivity index (χ2n) is 8.54. The predicted molar refractivity (Wildman–Crippen MR) is 127 cm³/mol. The molecule has 7 nitrogen and oxygen atoms in total. The van der Waals surface area contributed by atoms with Gasteiger partial charge in [0.05, 0.1) is 7.11 Å². The average molecular weight is 441 g/mol. The normalized spacial score (nSPS) is 17.2. The summed E-state index contributed by atoms with van der Waals surface area (Å²) in [5, 5.41) is 0. The molecule has 3 rings (SSSR count). The van der Waals surface area contributed by atoms with Gasteiger partial charge in [0.15, 0.2) is 11.5 Å². The van der Waals surface area contributed by atoms with E-state index in [0.29, 0.717) is 29.8 Å². The molecule has 1 fully saturated rings. The number of unbranched alkanes of at least 4 members (excludes halogenated alkanes) is 1. The molecule has 1 amide bonds. The number of methoxy groups -OCH3 is 1. The third-order valence-corrected chi connectivity index (χ3v) is 6.14. The number of benzene rings is 1. The summed E-state index contributed by atoms with van der Waals surface area (Å²) in [7, 11) is 1.63. The van der Waals surface area contributed by atoms with Crippen molar-refractivity contribution in [1.29, 1.82) is 0 Å². The fourth-order valence-electron chi connectivity index (χ4n) is 4.21. The van der Waals surface area contributed by atoms with Crippen LogP contribution in [-0.2, 0) is 4.79 Å². The third-order valence-electron chi connectivity index (χ3n) is 6.14. The van der Waals surface area contributed by atoms with E-state index in [9.17, 15) is 4.79 Å². The molecule has 0 unspecified atom stereocenters. The maximum absolute atomic E-state index is 13.1. The molecule has 0 radical (unpaired) electrons. The average Bonchev–Trinajstić information content (AvgIpc) is 2.80. The van der Waals surface area contributed by atoms with Crippen molar-refractivity contribution in [3.63, 3.8) is 0 Å². The van der Waals surface area contributed by atoms with E-state index >= 15 is 0 Å². The van der Waals surface area contributed by atoms with Crippen LogP contribution >= 0.6 is 0 Å². The summed E-state index contributed by atoms with van der Waals surface area (Å²) < 4.78 is 11.4. The Hall–Kier alpha value is -2.83. The fraction of sp³-hybridized carbons (Fsp3) is 0.560. The molecule has 32 heavy (non-hydrogen) atoms. The Morgan fingerprint density at radius 1 is 1.19 bits per heavy atom. The van der Waals surface area contributed by atoms with Gasteiger partial charge in [-0.15, -0.1) is 0 Å². The van der Waals surface area contributed by atoms with Gasteiger partial charge in [0.1, 0.15) is 12.1 Å². The van der Waals surface area contributed by atoms with Crippen molar-refractivity contribution in [2.45, 2.75) is 59.4 Å². The number of aryl methyl sites for hydroxylation is 1. The lowest BCUT2D eigenvalue weighted by Crippen LogP contribution is -2.55. The number of piperazine rings is 1. The van der Waals surface area contributed by atoms with E-state index in [0.717, 1.165) is 50.2 Å². The van der Waals surface area contributed by atoms with Crippen LogP contribution < -0.4 is 14.4 Å². The van der Waals surface area contributed by atoms with Gasteiger partial charge >= 0.3 is 0 Å². The highest BCUT2D eigenvalue weighted by atomic mass is 16.5. The molecule has 1 aromatic carbocycles. The highest BCUT2D eigenvalue weighted by Crippen LogP contribution is 2.32. The van der Waals surface area contributed by atoms with E-state index < -0.39 is 0 Å². The van der Waals surface area contributed by atoms with Crippen LogP contribution in [0.4, 0.5) is 5.82 Å². The van der Waals surface area contributed by atoms with Gasteiger partial charge in [-0.25, -0.2) is 9.97 Å². The van der Waals surface area contributed by atoms with E-state index in [1.807, 2.05) is 31.2 Å². The minimum absolute atomic E-state index is 0.128.